The summed E-state index contributed by atoms with van der Waals surface area (Å²) in [5.74, 6) is 0.0735. The van der Waals surface area contributed by atoms with E-state index in [1.807, 2.05) is 0 Å². The molecule has 1 fully saturated rings. The van der Waals surface area contributed by atoms with E-state index in [9.17, 15) is 13.2 Å². The highest BCUT2D eigenvalue weighted by atomic mass is 32.2. The second kappa shape index (κ2) is 5.32. The van der Waals surface area contributed by atoms with Gasteiger partial charge in [-0.2, -0.15) is 0 Å². The van der Waals surface area contributed by atoms with Crippen LogP contribution in [-0.2, 0) is 9.84 Å². The van der Waals surface area contributed by atoms with Crippen LogP contribution in [0.2, 0.25) is 0 Å². The summed E-state index contributed by atoms with van der Waals surface area (Å²) in [4.78, 5) is 14.1. The molecule has 1 atom stereocenters. The third-order valence-corrected chi connectivity index (χ3v) is 5.22. The maximum atomic E-state index is 12.6. The summed E-state index contributed by atoms with van der Waals surface area (Å²) in [6.45, 7) is 1.90. The molecule has 6 nitrogen and oxygen atoms in total. The van der Waals surface area contributed by atoms with Crippen LogP contribution in [0, 0.1) is 0 Å². The molecule has 1 aliphatic heterocycles. The molecule has 20 heavy (non-hydrogen) atoms. The van der Waals surface area contributed by atoms with E-state index in [1.54, 1.807) is 25.1 Å². The number of carbonyl (C=O) groups is 1. The quantitative estimate of drug-likeness (QED) is 0.805. The summed E-state index contributed by atoms with van der Waals surface area (Å²) in [6.07, 6.45) is 0. The Bertz CT molecular complexity index is 627. The maximum Gasteiger partial charge on any atom is 0.260 e. The van der Waals surface area contributed by atoms with E-state index in [1.165, 1.54) is 12.0 Å². The molecule has 1 amide bonds. The average molecular weight is 298 g/mol. The molecule has 1 aromatic rings. The van der Waals surface area contributed by atoms with Gasteiger partial charge in [0.15, 0.2) is 9.84 Å². The summed E-state index contributed by atoms with van der Waals surface area (Å²) in [5.41, 5.74) is 6.48. The van der Waals surface area contributed by atoms with Gasteiger partial charge >= 0.3 is 0 Å². The summed E-state index contributed by atoms with van der Waals surface area (Å²) in [7, 11) is -1.59. The summed E-state index contributed by atoms with van der Waals surface area (Å²) in [6, 6.07) is 4.62. The van der Waals surface area contributed by atoms with E-state index in [4.69, 9.17) is 10.5 Å². The van der Waals surface area contributed by atoms with Crippen molar-refractivity contribution in [3.63, 3.8) is 0 Å². The number of ether oxygens (including phenoxy) is 1. The molecule has 1 heterocycles. The molecule has 1 aliphatic rings. The van der Waals surface area contributed by atoms with Crippen LogP contribution in [0.5, 0.6) is 5.75 Å². The Morgan fingerprint density at radius 1 is 1.45 bits per heavy atom. The lowest BCUT2D eigenvalue weighted by atomic mass is 10.1. The summed E-state index contributed by atoms with van der Waals surface area (Å²) < 4.78 is 28.3. The molecular formula is C13H18N2O4S. The van der Waals surface area contributed by atoms with Crippen molar-refractivity contribution in [2.24, 2.45) is 0 Å². The van der Waals surface area contributed by atoms with Gasteiger partial charge in [-0.25, -0.2) is 8.42 Å². The molecule has 1 unspecified atom stereocenters. The molecule has 0 spiro atoms. The summed E-state index contributed by atoms with van der Waals surface area (Å²) in [5, 5.41) is 0. The third kappa shape index (κ3) is 2.72. The highest BCUT2D eigenvalue weighted by Gasteiger charge is 2.33. The number of rotatable bonds is 2. The number of carbonyl (C=O) groups excluding carboxylic acids is 1. The second-order valence-electron chi connectivity index (χ2n) is 4.89. The van der Waals surface area contributed by atoms with Crippen LogP contribution in [0.3, 0.4) is 0 Å². The van der Waals surface area contributed by atoms with Gasteiger partial charge in [-0.3, -0.25) is 4.79 Å². The van der Waals surface area contributed by atoms with Crippen LogP contribution >= 0.6 is 0 Å². The van der Waals surface area contributed by atoms with E-state index < -0.39 is 9.84 Å². The highest BCUT2D eigenvalue weighted by molar-refractivity contribution is 7.91. The van der Waals surface area contributed by atoms with E-state index in [0.29, 0.717) is 17.0 Å². The molecule has 0 aromatic heterocycles. The van der Waals surface area contributed by atoms with Crippen molar-refractivity contribution in [3.05, 3.63) is 23.8 Å². The number of nitrogen functional groups attached to an aromatic ring is 1. The van der Waals surface area contributed by atoms with Crippen molar-refractivity contribution in [2.45, 2.75) is 13.0 Å². The molecule has 2 N–H and O–H groups in total. The second-order valence-corrected chi connectivity index (χ2v) is 7.12. The Morgan fingerprint density at radius 3 is 2.75 bits per heavy atom. The van der Waals surface area contributed by atoms with Crippen LogP contribution in [0.1, 0.15) is 17.3 Å². The topological polar surface area (TPSA) is 89.7 Å². The minimum Gasteiger partial charge on any atom is -0.496 e. The molecule has 1 saturated heterocycles. The molecule has 7 heteroatoms. The van der Waals surface area contributed by atoms with Gasteiger partial charge in [0.1, 0.15) is 11.3 Å². The van der Waals surface area contributed by atoms with Gasteiger partial charge in [0.2, 0.25) is 0 Å². The number of methoxy groups -OCH3 is 1. The van der Waals surface area contributed by atoms with Crippen LogP contribution in [-0.4, -0.2) is 50.4 Å². The number of nitrogens with two attached hydrogens (primary N) is 1. The first-order valence-electron chi connectivity index (χ1n) is 6.29. The maximum absolute atomic E-state index is 12.6. The summed E-state index contributed by atoms with van der Waals surface area (Å²) >= 11 is 0. The van der Waals surface area contributed by atoms with Gasteiger partial charge in [0.25, 0.3) is 5.91 Å². The number of sulfone groups is 1. The zero-order valence-corrected chi connectivity index (χ0v) is 12.3. The first-order valence-corrected chi connectivity index (χ1v) is 8.11. The normalized spacial score (nSPS) is 21.5. The lowest BCUT2D eigenvalue weighted by molar-refractivity contribution is 0.0710. The molecule has 0 aliphatic carbocycles. The molecule has 2 rings (SSSR count). The predicted octanol–water partition coefficient (Wildman–Crippen LogP) is 0.537. The zero-order valence-electron chi connectivity index (χ0n) is 11.5. The number of hydrogen-bond acceptors (Lipinski definition) is 5. The van der Waals surface area contributed by atoms with Gasteiger partial charge < -0.3 is 15.4 Å². The van der Waals surface area contributed by atoms with E-state index in [0.717, 1.165) is 0 Å². The highest BCUT2D eigenvalue weighted by Crippen LogP contribution is 2.27. The number of benzene rings is 1. The fraction of sp³-hybridized carbons (Fsp3) is 0.462. The van der Waals surface area contributed by atoms with E-state index in [-0.39, 0.29) is 30.0 Å². The fourth-order valence-electron chi connectivity index (χ4n) is 2.39. The molecule has 0 radical (unpaired) electrons. The zero-order chi connectivity index (χ0) is 14.9. The Hall–Kier alpha value is -1.76. The van der Waals surface area contributed by atoms with Gasteiger partial charge in [-0.05, 0) is 19.1 Å². The minimum absolute atomic E-state index is 0.0157. The van der Waals surface area contributed by atoms with Crippen molar-refractivity contribution in [1.82, 2.24) is 4.90 Å². The SMILES string of the molecule is COc1cccc(N)c1C(=O)N1CCS(=O)(=O)CC1C. The Balaban J connectivity index is 2.33. The van der Waals surface area contributed by atoms with Gasteiger partial charge in [-0.15, -0.1) is 0 Å². The van der Waals surface area contributed by atoms with Gasteiger partial charge in [0.05, 0.1) is 18.6 Å². The molecule has 0 saturated carbocycles. The molecule has 110 valence electrons. The number of hydrogen-bond donors (Lipinski definition) is 1. The number of anilines is 1. The first-order chi connectivity index (χ1) is 9.35. The minimum atomic E-state index is -3.06. The first kappa shape index (κ1) is 14.6. The van der Waals surface area contributed by atoms with Crippen molar-refractivity contribution in [3.8, 4) is 5.75 Å². The largest absolute Gasteiger partial charge is 0.496 e. The molecule has 0 bridgehead atoms. The Morgan fingerprint density at radius 2 is 2.15 bits per heavy atom. The molecule has 1 aromatic carbocycles. The van der Waals surface area contributed by atoms with E-state index in [2.05, 4.69) is 0 Å². The Kier molecular flexibility index (Phi) is 3.89. The average Bonchev–Trinajstić information content (AvgIpc) is 2.36. The van der Waals surface area contributed by atoms with Crippen LogP contribution < -0.4 is 10.5 Å². The third-order valence-electron chi connectivity index (χ3n) is 3.42. The van der Waals surface area contributed by atoms with Crippen LogP contribution in [0.15, 0.2) is 18.2 Å². The van der Waals surface area contributed by atoms with Crippen LogP contribution in [0.25, 0.3) is 0 Å². The van der Waals surface area contributed by atoms with Crippen molar-refractivity contribution in [2.75, 3.05) is 30.9 Å². The van der Waals surface area contributed by atoms with Crippen molar-refractivity contribution < 1.29 is 17.9 Å². The van der Waals surface area contributed by atoms with Crippen molar-refractivity contribution in [1.29, 1.82) is 0 Å². The number of amides is 1. The smallest absolute Gasteiger partial charge is 0.260 e. The van der Waals surface area contributed by atoms with Crippen LogP contribution in [0.4, 0.5) is 5.69 Å². The van der Waals surface area contributed by atoms with Gasteiger partial charge in [-0.1, -0.05) is 6.07 Å². The lowest BCUT2D eigenvalue weighted by Crippen LogP contribution is -2.49. The van der Waals surface area contributed by atoms with Crippen molar-refractivity contribution >= 4 is 21.4 Å². The van der Waals surface area contributed by atoms with Gasteiger partial charge in [0, 0.05) is 18.3 Å². The number of nitrogens with zero attached hydrogens (tertiary/aromatic N) is 1. The fourth-order valence-corrected chi connectivity index (χ4v) is 3.95. The lowest BCUT2D eigenvalue weighted by Gasteiger charge is -2.33. The predicted molar refractivity (Wildman–Crippen MR) is 76.6 cm³/mol. The monoisotopic (exact) mass is 298 g/mol. The molecular weight excluding hydrogens is 280 g/mol. The Labute approximate surface area is 118 Å². The standard InChI is InChI=1S/C13H18N2O4S/c1-9-8-20(17,18)7-6-15(9)13(16)12-10(14)4-3-5-11(12)19-2/h3-5,9H,6-8,14H2,1-2H3. The van der Waals surface area contributed by atoms with E-state index >= 15 is 0 Å².